The van der Waals surface area contributed by atoms with Gasteiger partial charge in [0, 0.05) is 38.1 Å². The van der Waals surface area contributed by atoms with Crippen molar-refractivity contribution >= 4 is 15.9 Å². The van der Waals surface area contributed by atoms with Gasteiger partial charge in [-0.05, 0) is 68.5 Å². The number of hydrogen-bond donors (Lipinski definition) is 2. The van der Waals surface area contributed by atoms with Crippen molar-refractivity contribution in [2.45, 2.75) is 57.5 Å². The van der Waals surface area contributed by atoms with Crippen molar-refractivity contribution in [1.29, 1.82) is 0 Å². The Morgan fingerprint density at radius 2 is 1.77 bits per heavy atom. The van der Waals surface area contributed by atoms with E-state index in [4.69, 9.17) is 0 Å². The summed E-state index contributed by atoms with van der Waals surface area (Å²) in [6, 6.07) is 13.5. The van der Waals surface area contributed by atoms with Gasteiger partial charge in [-0.1, -0.05) is 30.3 Å². The van der Waals surface area contributed by atoms with E-state index in [0.717, 1.165) is 30.6 Å². The third kappa shape index (κ3) is 5.93. The lowest BCUT2D eigenvalue weighted by Crippen LogP contribution is -2.53. The molecule has 3 rings (SSSR count). The summed E-state index contributed by atoms with van der Waals surface area (Å²) in [6.45, 7) is 10.5. The number of nitrogens with zero attached hydrogens (tertiary/aromatic N) is 1. The van der Waals surface area contributed by atoms with Gasteiger partial charge >= 0.3 is 0 Å². The van der Waals surface area contributed by atoms with Crippen molar-refractivity contribution in [1.82, 2.24) is 14.9 Å². The molecular formula is C24H33N3O3S. The molecule has 1 aliphatic rings. The molecule has 1 amide bonds. The van der Waals surface area contributed by atoms with E-state index < -0.39 is 10.0 Å². The molecule has 1 heterocycles. The maximum atomic E-state index is 12.5. The van der Waals surface area contributed by atoms with Gasteiger partial charge in [0.1, 0.15) is 0 Å². The topological polar surface area (TPSA) is 78.5 Å². The predicted octanol–water partition coefficient (Wildman–Crippen LogP) is 2.92. The van der Waals surface area contributed by atoms with E-state index in [0.29, 0.717) is 6.54 Å². The summed E-state index contributed by atoms with van der Waals surface area (Å²) in [5.74, 6) is -0.159. The van der Waals surface area contributed by atoms with Crippen molar-refractivity contribution in [3.63, 3.8) is 0 Å². The van der Waals surface area contributed by atoms with Crippen LogP contribution in [0.15, 0.2) is 47.4 Å². The number of amides is 1. The minimum absolute atomic E-state index is 0.0681. The van der Waals surface area contributed by atoms with Crippen LogP contribution in [0, 0.1) is 13.8 Å². The van der Waals surface area contributed by atoms with Crippen LogP contribution in [-0.2, 0) is 27.8 Å². The molecule has 2 aromatic rings. The fourth-order valence-corrected chi connectivity index (χ4v) is 4.91. The molecular weight excluding hydrogens is 410 g/mol. The minimum Gasteiger partial charge on any atom is -0.354 e. The standard InChI is InChI=1S/C24H33N3O3S/c1-18-9-10-22(15-19(18)2)31(29,30)26-13-11-23(28)25-17-24(3,4)27-14-12-20-7-5-6-8-21(20)16-27/h5-10,15,26H,11-14,16-17H2,1-4H3,(H,25,28). The van der Waals surface area contributed by atoms with E-state index in [2.05, 4.69) is 53.1 Å². The van der Waals surface area contributed by atoms with Gasteiger partial charge in [0.25, 0.3) is 0 Å². The largest absolute Gasteiger partial charge is 0.354 e. The Labute approximate surface area is 186 Å². The first kappa shape index (κ1) is 23.4. The second-order valence-electron chi connectivity index (χ2n) is 8.92. The number of sulfonamides is 1. The van der Waals surface area contributed by atoms with Crippen LogP contribution in [0.1, 0.15) is 42.5 Å². The molecule has 2 aromatic carbocycles. The van der Waals surface area contributed by atoms with Crippen LogP contribution in [0.25, 0.3) is 0 Å². The zero-order chi connectivity index (χ0) is 22.6. The zero-order valence-electron chi connectivity index (χ0n) is 18.9. The normalized spacial score (nSPS) is 14.8. The maximum Gasteiger partial charge on any atom is 0.240 e. The van der Waals surface area contributed by atoms with Crippen LogP contribution in [0.5, 0.6) is 0 Å². The molecule has 0 aliphatic carbocycles. The van der Waals surface area contributed by atoms with Crippen molar-refractivity contribution in [3.8, 4) is 0 Å². The van der Waals surface area contributed by atoms with E-state index in [1.165, 1.54) is 11.1 Å². The van der Waals surface area contributed by atoms with E-state index in [9.17, 15) is 13.2 Å². The maximum absolute atomic E-state index is 12.5. The fraction of sp³-hybridized carbons (Fsp3) is 0.458. The summed E-state index contributed by atoms with van der Waals surface area (Å²) in [7, 11) is -3.62. The second-order valence-corrected chi connectivity index (χ2v) is 10.7. The lowest BCUT2D eigenvalue weighted by Gasteiger charge is -2.41. The Bertz CT molecular complexity index is 1050. The Kier molecular flexibility index (Phi) is 7.19. The van der Waals surface area contributed by atoms with Crippen LogP contribution >= 0.6 is 0 Å². The second kappa shape index (κ2) is 9.51. The third-order valence-electron chi connectivity index (χ3n) is 6.14. The summed E-state index contributed by atoms with van der Waals surface area (Å²) in [5, 5.41) is 2.97. The van der Waals surface area contributed by atoms with E-state index in [1.807, 2.05) is 13.8 Å². The highest BCUT2D eigenvalue weighted by atomic mass is 32.2. The number of nitrogens with one attached hydrogen (secondary N) is 2. The lowest BCUT2D eigenvalue weighted by molar-refractivity contribution is -0.121. The first-order valence-electron chi connectivity index (χ1n) is 10.7. The number of aryl methyl sites for hydroxylation is 2. The molecule has 6 nitrogen and oxygen atoms in total. The molecule has 168 valence electrons. The SMILES string of the molecule is Cc1ccc(S(=O)(=O)NCCC(=O)NCC(C)(C)N2CCc3ccccc3C2)cc1C. The molecule has 0 saturated carbocycles. The van der Waals surface area contributed by atoms with E-state index >= 15 is 0 Å². The molecule has 0 spiro atoms. The minimum atomic E-state index is -3.62. The Morgan fingerprint density at radius 3 is 2.48 bits per heavy atom. The number of carbonyl (C=O) groups excluding carboxylic acids is 1. The highest BCUT2D eigenvalue weighted by Crippen LogP contribution is 2.25. The highest BCUT2D eigenvalue weighted by molar-refractivity contribution is 7.89. The third-order valence-corrected chi connectivity index (χ3v) is 7.60. The van der Waals surface area contributed by atoms with Crippen molar-refractivity contribution in [2.75, 3.05) is 19.6 Å². The summed E-state index contributed by atoms with van der Waals surface area (Å²) in [6.07, 6.45) is 1.11. The van der Waals surface area contributed by atoms with Gasteiger partial charge in [0.15, 0.2) is 0 Å². The van der Waals surface area contributed by atoms with Crippen LogP contribution in [-0.4, -0.2) is 44.4 Å². The van der Waals surface area contributed by atoms with Crippen molar-refractivity contribution in [3.05, 3.63) is 64.7 Å². The van der Waals surface area contributed by atoms with E-state index in [1.54, 1.807) is 18.2 Å². The fourth-order valence-electron chi connectivity index (χ4n) is 3.79. The quantitative estimate of drug-likeness (QED) is 0.658. The first-order chi connectivity index (χ1) is 14.6. The molecule has 0 saturated heterocycles. The molecule has 1 aliphatic heterocycles. The van der Waals surface area contributed by atoms with Crippen LogP contribution in [0.4, 0.5) is 0 Å². The van der Waals surface area contributed by atoms with Crippen molar-refractivity contribution < 1.29 is 13.2 Å². The Hall–Kier alpha value is -2.22. The first-order valence-corrected chi connectivity index (χ1v) is 12.2. The molecule has 2 N–H and O–H groups in total. The van der Waals surface area contributed by atoms with Gasteiger partial charge in [-0.25, -0.2) is 13.1 Å². The average molecular weight is 444 g/mol. The smallest absolute Gasteiger partial charge is 0.240 e. The van der Waals surface area contributed by atoms with Gasteiger partial charge < -0.3 is 5.32 Å². The Balaban J connectivity index is 1.47. The van der Waals surface area contributed by atoms with Gasteiger partial charge in [-0.2, -0.15) is 0 Å². The van der Waals surface area contributed by atoms with E-state index in [-0.39, 0.29) is 29.3 Å². The predicted molar refractivity (Wildman–Crippen MR) is 123 cm³/mol. The Morgan fingerprint density at radius 1 is 1.06 bits per heavy atom. The summed E-state index contributed by atoms with van der Waals surface area (Å²) < 4.78 is 27.4. The number of carbonyl (C=O) groups is 1. The molecule has 0 bridgehead atoms. The van der Waals surface area contributed by atoms with Crippen LogP contribution in [0.3, 0.4) is 0 Å². The summed E-state index contributed by atoms with van der Waals surface area (Å²) >= 11 is 0. The van der Waals surface area contributed by atoms with Gasteiger partial charge in [-0.3, -0.25) is 9.69 Å². The molecule has 7 heteroatoms. The van der Waals surface area contributed by atoms with Gasteiger partial charge in [0.05, 0.1) is 4.90 Å². The number of benzene rings is 2. The summed E-state index contributed by atoms with van der Waals surface area (Å²) in [4.78, 5) is 14.9. The van der Waals surface area contributed by atoms with Crippen LogP contribution in [0.2, 0.25) is 0 Å². The zero-order valence-corrected chi connectivity index (χ0v) is 19.7. The monoisotopic (exact) mass is 443 g/mol. The van der Waals surface area contributed by atoms with Crippen molar-refractivity contribution in [2.24, 2.45) is 0 Å². The molecule has 31 heavy (non-hydrogen) atoms. The molecule has 0 atom stereocenters. The average Bonchev–Trinajstić information content (AvgIpc) is 2.73. The molecule has 0 aromatic heterocycles. The van der Waals surface area contributed by atoms with Crippen LogP contribution < -0.4 is 10.0 Å². The lowest BCUT2D eigenvalue weighted by atomic mass is 9.94. The van der Waals surface area contributed by atoms with Gasteiger partial charge in [0.2, 0.25) is 15.9 Å². The number of hydrogen-bond acceptors (Lipinski definition) is 4. The highest BCUT2D eigenvalue weighted by Gasteiger charge is 2.30. The molecule has 0 fully saturated rings. The molecule has 0 unspecified atom stereocenters. The molecule has 0 radical (unpaired) electrons. The summed E-state index contributed by atoms with van der Waals surface area (Å²) in [5.41, 5.74) is 4.51. The van der Waals surface area contributed by atoms with Gasteiger partial charge in [-0.15, -0.1) is 0 Å². The number of fused-ring (bicyclic) bond motifs is 1. The number of rotatable bonds is 8.